The van der Waals surface area contributed by atoms with Crippen LogP contribution in [0.4, 0.5) is 0 Å². The van der Waals surface area contributed by atoms with Crippen LogP contribution in [0.5, 0.6) is 0 Å². The molecule has 31 heteroatoms. The lowest BCUT2D eigenvalue weighted by Crippen LogP contribution is -2.60. The maximum absolute atomic E-state index is 14.0. The number of carbonyl (C=O) groups excluding carboxylic acids is 13. The van der Waals surface area contributed by atoms with Gasteiger partial charge in [-0.1, -0.05) is 18.2 Å². The second kappa shape index (κ2) is 28.9. The predicted octanol–water partition coefficient (Wildman–Crippen LogP) is -8.42. The summed E-state index contributed by atoms with van der Waals surface area (Å²) < 4.78 is 0. The smallest absolute Gasteiger partial charge is 0.305 e. The van der Waals surface area contributed by atoms with Gasteiger partial charge < -0.3 is 92.1 Å². The van der Waals surface area contributed by atoms with E-state index in [1.807, 2.05) is 0 Å². The molecule has 0 fully saturated rings. The van der Waals surface area contributed by atoms with E-state index in [0.29, 0.717) is 16.5 Å². The monoisotopic (exact) mass is 1050 g/mol. The Morgan fingerprint density at radius 2 is 0.892 bits per heavy atom. The van der Waals surface area contributed by atoms with Gasteiger partial charge in [0.1, 0.15) is 54.4 Å². The molecule has 0 saturated heterocycles. The predicted molar refractivity (Wildman–Crippen MR) is 254 cm³/mol. The molecule has 31 nitrogen and oxygen atoms in total. The summed E-state index contributed by atoms with van der Waals surface area (Å²) in [5.41, 5.74) is 33.1. The van der Waals surface area contributed by atoms with Crippen LogP contribution in [0.3, 0.4) is 0 Å². The number of carboxylic acid groups (broad SMARTS) is 1. The standard InChI is InChI=1S/C43H63N15O16/c1-17(51-38(69)23(8-10-29(44)60)54-41(72)28(14-32(47)63)58-43(74)34(48)19(3)59)36(67)53-24(9-11-30(45)61)39(70)57-27(13-31(46)62)42(73)56-26(12-20-16-50-22-7-5-4-6-21(20)22)40(71)52-18(2)37(68)55-25(35(49)66)15-33(64)65/h4-7,16-19,23-28,34,50,59H,8-15,48H2,1-3H3,(H2,44,60)(H2,45,61)(H2,46,62)(H2,47,63)(H2,49,66)(H,51,69)(H,52,71)(H,53,67)(H,54,72)(H,55,68)(H,56,73)(H,57,70)(H,58,74)(H,64,65)/t17-,18-,19+,23-,24-,25-,26-,27-,28-,34-/m0/s1. The number of amides is 13. The minimum absolute atomic E-state index is 0.298. The second-order valence-electron chi connectivity index (χ2n) is 17.0. The lowest BCUT2D eigenvalue weighted by atomic mass is 10.0. The van der Waals surface area contributed by atoms with Gasteiger partial charge in [0.2, 0.25) is 76.8 Å². The second-order valence-corrected chi connectivity index (χ2v) is 17.0. The van der Waals surface area contributed by atoms with Crippen LogP contribution < -0.4 is 76.9 Å². The van der Waals surface area contributed by atoms with Gasteiger partial charge in [-0.2, -0.15) is 0 Å². The molecular formula is C43H63N15O16. The van der Waals surface area contributed by atoms with Gasteiger partial charge in [0, 0.05) is 36.4 Å². The van der Waals surface area contributed by atoms with Crippen LogP contribution in [0.1, 0.15) is 71.3 Å². The summed E-state index contributed by atoms with van der Waals surface area (Å²) in [6, 6.07) is -8.22. The molecule has 13 amide bonds. The van der Waals surface area contributed by atoms with Crippen LogP contribution in [0, 0.1) is 0 Å². The van der Waals surface area contributed by atoms with Gasteiger partial charge in [-0.05, 0) is 45.2 Å². The first-order valence-electron chi connectivity index (χ1n) is 22.6. The minimum Gasteiger partial charge on any atom is -0.481 e. The molecule has 0 bridgehead atoms. The number of hydrogen-bond donors (Lipinski definition) is 17. The fourth-order valence-corrected chi connectivity index (χ4v) is 6.72. The van der Waals surface area contributed by atoms with Crippen molar-refractivity contribution in [2.24, 2.45) is 34.4 Å². The van der Waals surface area contributed by atoms with Gasteiger partial charge in [-0.15, -0.1) is 0 Å². The van der Waals surface area contributed by atoms with Crippen molar-refractivity contribution in [2.45, 2.75) is 133 Å². The number of fused-ring (bicyclic) bond motifs is 1. The fourth-order valence-electron chi connectivity index (χ4n) is 6.72. The van der Waals surface area contributed by atoms with Crippen molar-refractivity contribution < 1.29 is 77.3 Å². The van der Waals surface area contributed by atoms with E-state index >= 15 is 0 Å². The number of benzene rings is 1. The summed E-state index contributed by atoms with van der Waals surface area (Å²) in [6.07, 6.45) is -4.91. The van der Waals surface area contributed by atoms with Crippen molar-refractivity contribution in [1.29, 1.82) is 0 Å². The van der Waals surface area contributed by atoms with E-state index in [1.165, 1.54) is 20.0 Å². The number of aliphatic hydroxyl groups excluding tert-OH is 1. The summed E-state index contributed by atoms with van der Waals surface area (Å²) >= 11 is 0. The highest BCUT2D eigenvalue weighted by atomic mass is 16.4. The number of nitrogens with one attached hydrogen (secondary N) is 9. The molecule has 74 heavy (non-hydrogen) atoms. The number of aromatic amines is 1. The number of carboxylic acids is 1. The number of aliphatic carboxylic acids is 1. The van der Waals surface area contributed by atoms with Crippen molar-refractivity contribution >= 4 is 93.7 Å². The largest absolute Gasteiger partial charge is 0.481 e. The molecule has 23 N–H and O–H groups in total. The summed E-state index contributed by atoms with van der Waals surface area (Å²) in [5.74, 6) is -15.8. The van der Waals surface area contributed by atoms with Crippen LogP contribution in [-0.4, -0.2) is 158 Å². The molecule has 0 saturated carbocycles. The van der Waals surface area contributed by atoms with Gasteiger partial charge in [0.15, 0.2) is 0 Å². The van der Waals surface area contributed by atoms with Crippen LogP contribution in [0.15, 0.2) is 30.5 Å². The molecule has 0 aliphatic rings. The number of rotatable bonds is 32. The molecule has 10 atom stereocenters. The molecule has 0 radical (unpaired) electrons. The van der Waals surface area contributed by atoms with E-state index in [1.54, 1.807) is 24.3 Å². The summed E-state index contributed by atoms with van der Waals surface area (Å²) in [5, 5.41) is 37.4. The Bertz CT molecular complexity index is 2460. The van der Waals surface area contributed by atoms with Gasteiger partial charge in [-0.25, -0.2) is 0 Å². The van der Waals surface area contributed by atoms with E-state index in [0.717, 1.165) is 6.92 Å². The van der Waals surface area contributed by atoms with E-state index in [9.17, 15) is 72.2 Å². The topological polar surface area (TPSA) is 548 Å². The van der Waals surface area contributed by atoms with Crippen LogP contribution in [0.25, 0.3) is 10.9 Å². The van der Waals surface area contributed by atoms with Crippen molar-refractivity contribution in [3.63, 3.8) is 0 Å². The Morgan fingerprint density at radius 1 is 0.500 bits per heavy atom. The summed E-state index contributed by atoms with van der Waals surface area (Å²) in [4.78, 5) is 181. The molecule has 1 heterocycles. The molecule has 1 aromatic carbocycles. The molecule has 0 spiro atoms. The van der Waals surface area contributed by atoms with Crippen LogP contribution >= 0.6 is 0 Å². The highest BCUT2D eigenvalue weighted by molar-refractivity contribution is 6.00. The fraction of sp³-hybridized carbons (Fsp3) is 0.488. The number of H-pyrrole nitrogens is 1. The quantitative estimate of drug-likeness (QED) is 0.0324. The molecule has 0 unspecified atom stereocenters. The molecule has 0 aliphatic carbocycles. The average molecular weight is 1050 g/mol. The average Bonchev–Trinajstić information content (AvgIpc) is 3.71. The Labute approximate surface area is 420 Å². The van der Waals surface area contributed by atoms with Crippen molar-refractivity contribution in [3.8, 4) is 0 Å². The molecule has 2 rings (SSSR count). The highest BCUT2D eigenvalue weighted by Crippen LogP contribution is 2.19. The zero-order valence-electron chi connectivity index (χ0n) is 40.4. The van der Waals surface area contributed by atoms with Crippen molar-refractivity contribution in [3.05, 3.63) is 36.0 Å². The third-order valence-electron chi connectivity index (χ3n) is 10.8. The molecule has 406 valence electrons. The highest BCUT2D eigenvalue weighted by Gasteiger charge is 2.35. The van der Waals surface area contributed by atoms with E-state index in [4.69, 9.17) is 39.5 Å². The van der Waals surface area contributed by atoms with Gasteiger partial charge in [-0.3, -0.25) is 67.1 Å². The third-order valence-corrected chi connectivity index (χ3v) is 10.8. The van der Waals surface area contributed by atoms with Gasteiger partial charge in [0.05, 0.1) is 25.4 Å². The number of carbonyl (C=O) groups is 14. The van der Waals surface area contributed by atoms with Crippen molar-refractivity contribution in [1.82, 2.24) is 47.5 Å². The Kier molecular flexibility index (Phi) is 24.0. The maximum atomic E-state index is 14.0. The Morgan fingerprint density at radius 3 is 1.34 bits per heavy atom. The third kappa shape index (κ3) is 20.5. The summed E-state index contributed by atoms with van der Waals surface area (Å²) in [6.45, 7) is 3.45. The first-order valence-corrected chi connectivity index (χ1v) is 22.6. The van der Waals surface area contributed by atoms with E-state index in [2.05, 4.69) is 47.5 Å². The Balaban J connectivity index is 2.40. The normalized spacial score (nSPS) is 15.0. The maximum Gasteiger partial charge on any atom is 0.305 e. The number of aromatic nitrogens is 1. The summed E-state index contributed by atoms with van der Waals surface area (Å²) in [7, 11) is 0. The zero-order chi connectivity index (χ0) is 56.1. The lowest BCUT2D eigenvalue weighted by Gasteiger charge is -2.27. The molecule has 1 aromatic heterocycles. The Hall–Kier alpha value is -8.74. The van der Waals surface area contributed by atoms with Crippen LogP contribution in [-0.2, 0) is 73.5 Å². The molecule has 2 aromatic rings. The number of hydrogen-bond acceptors (Lipinski definition) is 16. The van der Waals surface area contributed by atoms with Gasteiger partial charge >= 0.3 is 5.97 Å². The minimum atomic E-state index is -1.91. The first kappa shape index (κ1) is 61.4. The number of primary amides is 5. The van der Waals surface area contributed by atoms with E-state index < -0.39 is 188 Å². The number of aliphatic hydroxyl groups is 1. The number of nitrogens with two attached hydrogens (primary N) is 6. The lowest BCUT2D eigenvalue weighted by molar-refractivity contribution is -0.140. The number of para-hydroxylation sites is 1. The van der Waals surface area contributed by atoms with Gasteiger partial charge in [0.25, 0.3) is 0 Å². The molecule has 0 aliphatic heterocycles. The SMILES string of the molecule is C[C@H](NC(=O)[C@H](Cc1c[nH]c2ccccc12)NC(=O)[C@H](CC(N)=O)NC(=O)[C@H](CCC(N)=O)NC(=O)[C@H](C)NC(=O)[C@H](CCC(N)=O)NC(=O)[C@H](CC(N)=O)NC(=O)[C@@H](N)[C@@H](C)O)C(=O)N[C@@H](CC(=O)O)C(N)=O. The molecular weight excluding hydrogens is 983 g/mol. The van der Waals surface area contributed by atoms with E-state index in [-0.39, 0.29) is 6.42 Å². The first-order chi connectivity index (χ1) is 34.5. The zero-order valence-corrected chi connectivity index (χ0v) is 40.4. The van der Waals surface area contributed by atoms with Crippen molar-refractivity contribution in [2.75, 3.05) is 0 Å². The van der Waals surface area contributed by atoms with Crippen LogP contribution in [0.2, 0.25) is 0 Å².